The summed E-state index contributed by atoms with van der Waals surface area (Å²) in [5, 5.41) is 19.4. The van der Waals surface area contributed by atoms with Crippen LogP contribution in [0.15, 0.2) is 12.1 Å². The third-order valence-corrected chi connectivity index (χ3v) is 5.04. The van der Waals surface area contributed by atoms with Crippen molar-refractivity contribution in [1.82, 2.24) is 0 Å². The van der Waals surface area contributed by atoms with Gasteiger partial charge in [0.15, 0.2) is 0 Å². The molecule has 1 rings (SSSR count). The number of hydrogen-bond donors (Lipinski definition) is 2. The molecule has 142 valence electrons. The molecule has 0 bridgehead atoms. The molecule has 0 fully saturated rings. The second kappa shape index (κ2) is 11.9. The van der Waals surface area contributed by atoms with E-state index in [0.717, 1.165) is 36.0 Å². The lowest BCUT2D eigenvalue weighted by Gasteiger charge is -2.14. The van der Waals surface area contributed by atoms with Crippen molar-refractivity contribution in [1.29, 1.82) is 0 Å². The Labute approximate surface area is 153 Å². The zero-order chi connectivity index (χ0) is 18.7. The number of phenols is 1. The van der Waals surface area contributed by atoms with Gasteiger partial charge in [-0.3, -0.25) is 4.79 Å². The third kappa shape index (κ3) is 8.42. The second-order valence-corrected chi connectivity index (χ2v) is 7.43. The maximum Gasteiger partial charge on any atom is 0.306 e. The number of aromatic hydroxyl groups is 1. The molecule has 3 nitrogen and oxygen atoms in total. The first kappa shape index (κ1) is 21.5. The molecule has 0 aliphatic heterocycles. The van der Waals surface area contributed by atoms with Gasteiger partial charge in [-0.15, -0.1) is 0 Å². The number of carboxylic acids is 1. The van der Waals surface area contributed by atoms with Crippen molar-refractivity contribution in [2.75, 3.05) is 0 Å². The summed E-state index contributed by atoms with van der Waals surface area (Å²) < 4.78 is 0. The van der Waals surface area contributed by atoms with Gasteiger partial charge in [0.25, 0.3) is 0 Å². The van der Waals surface area contributed by atoms with Gasteiger partial charge in [-0.1, -0.05) is 76.8 Å². The number of benzene rings is 1. The fourth-order valence-electron chi connectivity index (χ4n) is 3.46. The average molecular weight is 349 g/mol. The van der Waals surface area contributed by atoms with Gasteiger partial charge < -0.3 is 10.2 Å². The number of carboxylic acid groups (broad SMARTS) is 1. The fourth-order valence-corrected chi connectivity index (χ4v) is 3.46. The van der Waals surface area contributed by atoms with Gasteiger partial charge in [-0.25, -0.2) is 0 Å². The molecule has 1 unspecified atom stereocenters. The Morgan fingerprint density at radius 2 is 1.40 bits per heavy atom. The molecular formula is C22H36O3. The molecular weight excluding hydrogens is 312 g/mol. The second-order valence-electron chi connectivity index (χ2n) is 7.43. The number of rotatable bonds is 13. The van der Waals surface area contributed by atoms with E-state index in [4.69, 9.17) is 0 Å². The van der Waals surface area contributed by atoms with E-state index in [9.17, 15) is 15.0 Å². The maximum atomic E-state index is 11.6. The van der Waals surface area contributed by atoms with Gasteiger partial charge in [0, 0.05) is 0 Å². The van der Waals surface area contributed by atoms with E-state index in [1.807, 2.05) is 26.0 Å². The Balaban J connectivity index is 2.32. The van der Waals surface area contributed by atoms with Crippen molar-refractivity contribution >= 4 is 5.97 Å². The minimum atomic E-state index is -0.706. The lowest BCUT2D eigenvalue weighted by molar-refractivity contribution is -0.142. The van der Waals surface area contributed by atoms with E-state index in [0.29, 0.717) is 12.2 Å². The van der Waals surface area contributed by atoms with Crippen LogP contribution in [-0.4, -0.2) is 16.2 Å². The van der Waals surface area contributed by atoms with E-state index in [1.165, 1.54) is 44.9 Å². The van der Waals surface area contributed by atoms with Crippen molar-refractivity contribution in [2.45, 2.75) is 91.4 Å². The molecule has 0 saturated carbocycles. The molecule has 0 heterocycles. The Morgan fingerprint density at radius 1 is 0.920 bits per heavy atom. The molecule has 0 saturated heterocycles. The van der Waals surface area contributed by atoms with Crippen LogP contribution in [0, 0.1) is 19.8 Å². The summed E-state index contributed by atoms with van der Waals surface area (Å²) >= 11 is 0. The molecule has 0 radical (unpaired) electrons. The summed E-state index contributed by atoms with van der Waals surface area (Å²) in [5.74, 6) is -0.717. The minimum absolute atomic E-state index is 0.314. The number of aryl methyl sites for hydroxylation is 2. The highest BCUT2D eigenvalue weighted by molar-refractivity contribution is 5.70. The van der Waals surface area contributed by atoms with Gasteiger partial charge in [-0.2, -0.15) is 0 Å². The van der Waals surface area contributed by atoms with Crippen LogP contribution in [0.1, 0.15) is 87.8 Å². The van der Waals surface area contributed by atoms with Crippen LogP contribution in [0.3, 0.4) is 0 Å². The van der Waals surface area contributed by atoms with Crippen LogP contribution < -0.4 is 0 Å². The van der Waals surface area contributed by atoms with Crippen molar-refractivity contribution in [3.63, 3.8) is 0 Å². The molecule has 3 heteroatoms. The quantitative estimate of drug-likeness (QED) is 0.419. The summed E-state index contributed by atoms with van der Waals surface area (Å²) in [4.78, 5) is 11.6. The molecule has 1 aromatic rings. The van der Waals surface area contributed by atoms with Gasteiger partial charge >= 0.3 is 5.97 Å². The Hall–Kier alpha value is -1.51. The molecule has 0 spiro atoms. The zero-order valence-corrected chi connectivity index (χ0v) is 16.3. The molecule has 0 aromatic heterocycles. The van der Waals surface area contributed by atoms with Crippen LogP contribution in [0.5, 0.6) is 5.75 Å². The highest BCUT2D eigenvalue weighted by atomic mass is 16.4. The van der Waals surface area contributed by atoms with Crippen LogP contribution in [0.25, 0.3) is 0 Å². The Morgan fingerprint density at radius 3 is 1.88 bits per heavy atom. The lowest BCUT2D eigenvalue weighted by Crippen LogP contribution is -2.16. The molecule has 1 aromatic carbocycles. The van der Waals surface area contributed by atoms with E-state index in [1.54, 1.807) is 0 Å². The number of hydrogen-bond acceptors (Lipinski definition) is 2. The van der Waals surface area contributed by atoms with E-state index < -0.39 is 5.97 Å². The summed E-state index contributed by atoms with van der Waals surface area (Å²) in [7, 11) is 0. The highest BCUT2D eigenvalue weighted by Crippen LogP contribution is 2.25. The summed E-state index contributed by atoms with van der Waals surface area (Å²) in [6, 6.07) is 3.82. The number of phenolic OH excluding ortho intramolecular Hbond substituents is 1. The van der Waals surface area contributed by atoms with Gasteiger partial charge in [-0.05, 0) is 43.4 Å². The first-order valence-corrected chi connectivity index (χ1v) is 9.97. The molecule has 0 amide bonds. The standard InChI is InChI=1S/C22H36O3/c1-4-5-6-7-8-9-10-11-12-13-20(22(24)25)16-19-14-17(2)21(23)18(3)15-19/h14-15,20,23H,4-13,16H2,1-3H3,(H,24,25). The van der Waals surface area contributed by atoms with Crippen molar-refractivity contribution < 1.29 is 15.0 Å². The van der Waals surface area contributed by atoms with E-state index in [2.05, 4.69) is 6.92 Å². The SMILES string of the molecule is CCCCCCCCCCCC(Cc1cc(C)c(O)c(C)c1)C(=O)O. The van der Waals surface area contributed by atoms with Crippen LogP contribution in [0.2, 0.25) is 0 Å². The monoisotopic (exact) mass is 348 g/mol. The van der Waals surface area contributed by atoms with Crippen molar-refractivity contribution in [3.8, 4) is 5.75 Å². The van der Waals surface area contributed by atoms with Crippen molar-refractivity contribution in [3.05, 3.63) is 28.8 Å². The molecule has 0 aliphatic rings. The largest absolute Gasteiger partial charge is 0.507 e. The number of carbonyl (C=O) groups is 1. The zero-order valence-electron chi connectivity index (χ0n) is 16.3. The predicted octanol–water partition coefficient (Wildman–Crippen LogP) is 6.17. The molecule has 25 heavy (non-hydrogen) atoms. The normalized spacial score (nSPS) is 12.3. The Kier molecular flexibility index (Phi) is 10.3. The van der Waals surface area contributed by atoms with Crippen LogP contribution in [-0.2, 0) is 11.2 Å². The predicted molar refractivity (Wildman–Crippen MR) is 104 cm³/mol. The average Bonchev–Trinajstić information content (AvgIpc) is 2.56. The van der Waals surface area contributed by atoms with Crippen LogP contribution >= 0.6 is 0 Å². The summed E-state index contributed by atoms with van der Waals surface area (Å²) in [5.41, 5.74) is 2.65. The van der Waals surface area contributed by atoms with Gasteiger partial charge in [0.2, 0.25) is 0 Å². The number of aliphatic carboxylic acids is 1. The Bertz CT molecular complexity index is 499. The van der Waals surface area contributed by atoms with Gasteiger partial charge in [0.1, 0.15) is 5.75 Å². The van der Waals surface area contributed by atoms with E-state index in [-0.39, 0.29) is 5.92 Å². The third-order valence-electron chi connectivity index (χ3n) is 5.04. The number of unbranched alkanes of at least 4 members (excludes halogenated alkanes) is 8. The first-order valence-electron chi connectivity index (χ1n) is 9.97. The summed E-state index contributed by atoms with van der Waals surface area (Å²) in [6.07, 6.45) is 12.5. The lowest BCUT2D eigenvalue weighted by atomic mass is 9.92. The minimum Gasteiger partial charge on any atom is -0.507 e. The van der Waals surface area contributed by atoms with Crippen LogP contribution in [0.4, 0.5) is 0 Å². The first-order chi connectivity index (χ1) is 12.0. The molecule has 1 atom stereocenters. The maximum absolute atomic E-state index is 11.6. The molecule has 0 aliphatic carbocycles. The van der Waals surface area contributed by atoms with Gasteiger partial charge in [0.05, 0.1) is 5.92 Å². The van der Waals surface area contributed by atoms with Crippen molar-refractivity contribution in [2.24, 2.45) is 5.92 Å². The fraction of sp³-hybridized carbons (Fsp3) is 0.682. The highest BCUT2D eigenvalue weighted by Gasteiger charge is 2.18. The van der Waals surface area contributed by atoms with E-state index >= 15 is 0 Å². The molecule has 2 N–H and O–H groups in total. The smallest absolute Gasteiger partial charge is 0.306 e. The summed E-state index contributed by atoms with van der Waals surface area (Å²) in [6.45, 7) is 5.96. The topological polar surface area (TPSA) is 57.5 Å².